The first-order valence-corrected chi connectivity index (χ1v) is 11.3. The Morgan fingerprint density at radius 2 is 2.09 bits per heavy atom. The van der Waals surface area contributed by atoms with Crippen LogP contribution in [0.15, 0.2) is 63.3 Å². The third-order valence-corrected chi connectivity index (χ3v) is 6.53. The van der Waals surface area contributed by atoms with E-state index in [0.29, 0.717) is 47.2 Å². The average Bonchev–Trinajstić information content (AvgIpc) is 3.50. The molecule has 1 atom stereocenters. The lowest BCUT2D eigenvalue weighted by molar-refractivity contribution is -0.125. The van der Waals surface area contributed by atoms with Gasteiger partial charge in [0.1, 0.15) is 16.3 Å². The maximum atomic E-state index is 13.5. The van der Waals surface area contributed by atoms with Gasteiger partial charge in [0.15, 0.2) is 0 Å². The lowest BCUT2D eigenvalue weighted by Crippen LogP contribution is -2.45. The molecular weight excluding hydrogens is 431 g/mol. The van der Waals surface area contributed by atoms with E-state index in [2.05, 4.69) is 5.32 Å². The Labute approximate surface area is 187 Å². The van der Waals surface area contributed by atoms with Crippen LogP contribution in [-0.2, 0) is 11.3 Å². The Morgan fingerprint density at radius 3 is 2.88 bits per heavy atom. The summed E-state index contributed by atoms with van der Waals surface area (Å²) in [6.45, 7) is 1.44. The van der Waals surface area contributed by atoms with Gasteiger partial charge in [0.2, 0.25) is 11.9 Å². The monoisotopic (exact) mass is 452 g/mol. The van der Waals surface area contributed by atoms with Crippen molar-refractivity contribution in [3.8, 4) is 5.69 Å². The predicted molar refractivity (Wildman–Crippen MR) is 121 cm³/mol. The van der Waals surface area contributed by atoms with Crippen LogP contribution < -0.4 is 15.8 Å². The molecule has 7 nitrogen and oxygen atoms in total. The molecule has 0 spiro atoms. The predicted octanol–water partition coefficient (Wildman–Crippen LogP) is 3.71. The van der Waals surface area contributed by atoms with E-state index in [4.69, 9.17) is 9.40 Å². The number of benzene rings is 1. The van der Waals surface area contributed by atoms with Gasteiger partial charge in [-0.25, -0.2) is 13.9 Å². The topological polar surface area (TPSA) is 80.4 Å². The fraction of sp³-hybridized carbons (Fsp3) is 0.261. The summed E-state index contributed by atoms with van der Waals surface area (Å²) in [7, 11) is 0. The van der Waals surface area contributed by atoms with Gasteiger partial charge >= 0.3 is 0 Å². The molecule has 1 aliphatic heterocycles. The highest BCUT2D eigenvalue weighted by molar-refractivity contribution is 7.17. The van der Waals surface area contributed by atoms with Gasteiger partial charge in [-0.15, -0.1) is 11.3 Å². The summed E-state index contributed by atoms with van der Waals surface area (Å²) in [5.41, 5.74) is 0.965. The van der Waals surface area contributed by atoms with Crippen molar-refractivity contribution in [2.24, 2.45) is 5.92 Å². The van der Waals surface area contributed by atoms with E-state index < -0.39 is 0 Å². The van der Waals surface area contributed by atoms with Crippen molar-refractivity contribution in [1.82, 2.24) is 14.9 Å². The number of nitrogens with one attached hydrogen (secondary N) is 1. The summed E-state index contributed by atoms with van der Waals surface area (Å²) in [5.74, 6) is 0.491. The zero-order chi connectivity index (χ0) is 22.1. The number of hydrogen-bond acceptors (Lipinski definition) is 6. The van der Waals surface area contributed by atoms with Crippen molar-refractivity contribution >= 4 is 33.4 Å². The van der Waals surface area contributed by atoms with Crippen molar-refractivity contribution in [2.75, 3.05) is 18.0 Å². The summed E-state index contributed by atoms with van der Waals surface area (Å²) in [4.78, 5) is 32.8. The van der Waals surface area contributed by atoms with Gasteiger partial charge in [0, 0.05) is 13.1 Å². The minimum absolute atomic E-state index is 0.0570. The third-order valence-electron chi connectivity index (χ3n) is 5.64. The SMILES string of the molecule is O=C(NCc1ccco1)[C@H]1CCCN(c2nc3ccsc3c(=O)n2-c2ccc(F)cc2)C1. The summed E-state index contributed by atoms with van der Waals surface area (Å²) in [5, 5.41) is 4.76. The second-order valence-electron chi connectivity index (χ2n) is 7.75. The zero-order valence-electron chi connectivity index (χ0n) is 17.2. The van der Waals surface area contributed by atoms with Gasteiger partial charge in [-0.2, -0.15) is 0 Å². The maximum absolute atomic E-state index is 13.5. The Hall–Kier alpha value is -3.46. The number of hydrogen-bond donors (Lipinski definition) is 1. The molecule has 4 heterocycles. The zero-order valence-corrected chi connectivity index (χ0v) is 18.0. The lowest BCUT2D eigenvalue weighted by Gasteiger charge is -2.34. The van der Waals surface area contributed by atoms with Crippen LogP contribution in [0.4, 0.5) is 10.3 Å². The molecule has 1 saturated heterocycles. The first-order chi connectivity index (χ1) is 15.6. The first-order valence-electron chi connectivity index (χ1n) is 10.4. The van der Waals surface area contributed by atoms with E-state index in [1.54, 1.807) is 24.5 Å². The van der Waals surface area contributed by atoms with E-state index in [9.17, 15) is 14.0 Å². The van der Waals surface area contributed by atoms with Crippen LogP contribution in [-0.4, -0.2) is 28.5 Å². The molecule has 1 N–H and O–H groups in total. The molecule has 1 aliphatic rings. The first kappa shape index (κ1) is 20.4. The van der Waals surface area contributed by atoms with Gasteiger partial charge in [0.05, 0.1) is 29.9 Å². The number of aromatic nitrogens is 2. The number of fused-ring (bicyclic) bond motifs is 1. The second kappa shape index (κ2) is 8.58. The molecule has 0 aliphatic carbocycles. The Balaban J connectivity index is 1.46. The smallest absolute Gasteiger partial charge is 0.277 e. The maximum Gasteiger partial charge on any atom is 0.277 e. The van der Waals surface area contributed by atoms with E-state index in [1.165, 1.54) is 28.0 Å². The minimum Gasteiger partial charge on any atom is -0.467 e. The van der Waals surface area contributed by atoms with Crippen LogP contribution in [0.2, 0.25) is 0 Å². The highest BCUT2D eigenvalue weighted by Gasteiger charge is 2.29. The number of furan rings is 1. The molecule has 0 saturated carbocycles. The normalized spacial score (nSPS) is 16.4. The Morgan fingerprint density at radius 1 is 1.25 bits per heavy atom. The number of piperidine rings is 1. The van der Waals surface area contributed by atoms with Crippen LogP contribution >= 0.6 is 11.3 Å². The van der Waals surface area contributed by atoms with Gasteiger partial charge in [0.25, 0.3) is 5.56 Å². The molecule has 5 rings (SSSR count). The van der Waals surface area contributed by atoms with E-state index in [1.807, 2.05) is 22.4 Å². The van der Waals surface area contributed by atoms with Crippen molar-refractivity contribution < 1.29 is 13.6 Å². The summed E-state index contributed by atoms with van der Waals surface area (Å²) in [6.07, 6.45) is 3.12. The molecular formula is C23H21FN4O3S. The van der Waals surface area contributed by atoms with Crippen LogP contribution in [0.5, 0.6) is 0 Å². The van der Waals surface area contributed by atoms with Gasteiger partial charge in [-0.3, -0.25) is 9.59 Å². The fourth-order valence-electron chi connectivity index (χ4n) is 4.04. The third kappa shape index (κ3) is 3.91. The summed E-state index contributed by atoms with van der Waals surface area (Å²) < 4.78 is 20.9. The summed E-state index contributed by atoms with van der Waals surface area (Å²) >= 11 is 1.33. The summed E-state index contributed by atoms with van der Waals surface area (Å²) in [6, 6.07) is 11.2. The highest BCUT2D eigenvalue weighted by atomic mass is 32.1. The van der Waals surface area contributed by atoms with Crippen molar-refractivity contribution in [3.63, 3.8) is 0 Å². The molecule has 1 aromatic carbocycles. The van der Waals surface area contributed by atoms with Crippen LogP contribution in [0.3, 0.4) is 0 Å². The van der Waals surface area contributed by atoms with Gasteiger partial charge < -0.3 is 14.6 Å². The number of amides is 1. The molecule has 4 aromatic rings. The molecule has 0 radical (unpaired) electrons. The van der Waals surface area contributed by atoms with E-state index in [0.717, 1.165) is 12.8 Å². The number of carbonyl (C=O) groups excluding carboxylic acids is 1. The van der Waals surface area contributed by atoms with Crippen LogP contribution in [0, 0.1) is 11.7 Å². The molecule has 0 unspecified atom stereocenters. The molecule has 164 valence electrons. The Kier molecular flexibility index (Phi) is 5.48. The fourth-order valence-corrected chi connectivity index (χ4v) is 4.80. The largest absolute Gasteiger partial charge is 0.467 e. The average molecular weight is 453 g/mol. The molecule has 32 heavy (non-hydrogen) atoms. The molecule has 0 bridgehead atoms. The highest BCUT2D eigenvalue weighted by Crippen LogP contribution is 2.26. The van der Waals surface area contributed by atoms with E-state index >= 15 is 0 Å². The van der Waals surface area contributed by atoms with Gasteiger partial charge in [-0.05, 0) is 60.7 Å². The van der Waals surface area contributed by atoms with Crippen molar-refractivity contribution in [1.29, 1.82) is 0 Å². The quantitative estimate of drug-likeness (QED) is 0.499. The number of thiophene rings is 1. The van der Waals surface area contributed by atoms with Crippen LogP contribution in [0.25, 0.3) is 15.9 Å². The number of halogens is 1. The molecule has 3 aromatic heterocycles. The molecule has 1 fully saturated rings. The number of rotatable bonds is 5. The molecule has 1 amide bonds. The standard InChI is InChI=1S/C23H21FN4O3S/c24-16-5-7-17(8-6-16)28-22(30)20-19(9-12-32-20)26-23(28)27-10-1-3-15(14-27)21(29)25-13-18-4-2-11-31-18/h2,4-9,11-12,15H,1,3,10,13-14H2,(H,25,29)/t15-/m0/s1. The van der Waals surface area contributed by atoms with Crippen molar-refractivity contribution in [2.45, 2.75) is 19.4 Å². The number of nitrogens with zero attached hydrogens (tertiary/aromatic N) is 3. The van der Waals surface area contributed by atoms with Gasteiger partial charge in [-0.1, -0.05) is 0 Å². The molecule has 9 heteroatoms. The minimum atomic E-state index is -0.375. The number of carbonyl (C=O) groups is 1. The second-order valence-corrected chi connectivity index (χ2v) is 8.66. The number of anilines is 1. The van der Waals surface area contributed by atoms with Crippen molar-refractivity contribution in [3.05, 3.63) is 76.0 Å². The Bertz CT molecular complexity index is 1300. The van der Waals surface area contributed by atoms with Crippen LogP contribution in [0.1, 0.15) is 18.6 Å². The lowest BCUT2D eigenvalue weighted by atomic mass is 9.97. The van der Waals surface area contributed by atoms with E-state index in [-0.39, 0.29) is 23.2 Å².